The zero-order valence-electron chi connectivity index (χ0n) is 14.2. The molecule has 0 aliphatic rings. The highest BCUT2D eigenvalue weighted by molar-refractivity contribution is 7.71. The fourth-order valence-corrected chi connectivity index (χ4v) is 3.11. The van der Waals surface area contributed by atoms with Gasteiger partial charge < -0.3 is 4.90 Å². The molecule has 0 spiro atoms. The number of rotatable bonds is 5. The molecule has 124 valence electrons. The zero-order chi connectivity index (χ0) is 17.1. The Morgan fingerprint density at radius 3 is 2.33 bits per heavy atom. The quantitative estimate of drug-likeness (QED) is 0.723. The van der Waals surface area contributed by atoms with E-state index in [0.29, 0.717) is 11.4 Å². The number of hydrogen-bond acceptors (Lipinski definition) is 3. The van der Waals surface area contributed by atoms with Gasteiger partial charge in [0.25, 0.3) is 0 Å². The summed E-state index contributed by atoms with van der Waals surface area (Å²) in [5, 5.41) is 8.48. The summed E-state index contributed by atoms with van der Waals surface area (Å²) in [5.74, 6) is 0. The first-order valence-electron chi connectivity index (χ1n) is 7.99. The second-order valence-corrected chi connectivity index (χ2v) is 6.66. The maximum atomic E-state index is 5.56. The van der Waals surface area contributed by atoms with Crippen molar-refractivity contribution in [1.29, 1.82) is 0 Å². The van der Waals surface area contributed by atoms with Crippen molar-refractivity contribution in [1.82, 2.24) is 19.8 Å². The van der Waals surface area contributed by atoms with Crippen LogP contribution in [0.25, 0.3) is 5.69 Å². The monoisotopic (exact) mass is 340 g/mol. The van der Waals surface area contributed by atoms with E-state index in [1.807, 2.05) is 6.07 Å². The van der Waals surface area contributed by atoms with E-state index in [1.165, 1.54) is 21.6 Å². The Labute approximate surface area is 147 Å². The number of hydrogen-bond donors (Lipinski definition) is 1. The van der Waals surface area contributed by atoms with Crippen LogP contribution in [0.2, 0.25) is 0 Å². The van der Waals surface area contributed by atoms with Crippen molar-refractivity contribution in [3.63, 3.8) is 0 Å². The topological polar surface area (TPSA) is 40.1 Å². The summed E-state index contributed by atoms with van der Waals surface area (Å²) in [6.07, 6.45) is 0. The average Bonchev–Trinajstić information content (AvgIpc) is 2.88. The SMILES string of the molecule is Cc1cc(C)cc(-n2nnn(C[NH+](C)Cc3ccccc3)c2=S)c1. The number of quaternary nitrogens is 1. The van der Waals surface area contributed by atoms with Crippen molar-refractivity contribution in [2.75, 3.05) is 7.05 Å². The van der Waals surface area contributed by atoms with Crippen molar-refractivity contribution in [3.05, 3.63) is 70.0 Å². The lowest BCUT2D eigenvalue weighted by Gasteiger charge is -2.13. The number of aromatic nitrogens is 4. The fraction of sp³-hybridized carbons (Fsp3) is 0.278. The first kappa shape index (κ1) is 16.5. The molecule has 0 fully saturated rings. The summed E-state index contributed by atoms with van der Waals surface area (Å²) >= 11 is 5.56. The van der Waals surface area contributed by atoms with Crippen LogP contribution in [0.3, 0.4) is 0 Å². The minimum Gasteiger partial charge on any atom is -0.315 e. The molecule has 1 N–H and O–H groups in total. The predicted molar refractivity (Wildman–Crippen MR) is 96.7 cm³/mol. The third-order valence-electron chi connectivity index (χ3n) is 3.86. The Hall–Kier alpha value is -2.31. The van der Waals surface area contributed by atoms with Gasteiger partial charge in [-0.25, -0.2) is 0 Å². The van der Waals surface area contributed by atoms with Gasteiger partial charge >= 0.3 is 0 Å². The molecule has 0 radical (unpaired) electrons. The van der Waals surface area contributed by atoms with Crippen molar-refractivity contribution < 1.29 is 4.90 Å². The summed E-state index contributed by atoms with van der Waals surface area (Å²) in [4.78, 5) is 1.30. The smallest absolute Gasteiger partial charge is 0.225 e. The molecule has 0 amide bonds. The number of tetrazole rings is 1. The van der Waals surface area contributed by atoms with Crippen LogP contribution in [0, 0.1) is 18.6 Å². The van der Waals surface area contributed by atoms with Gasteiger partial charge in [-0.1, -0.05) is 36.4 Å². The molecule has 0 saturated carbocycles. The van der Waals surface area contributed by atoms with E-state index in [1.54, 1.807) is 9.36 Å². The largest absolute Gasteiger partial charge is 0.315 e. The number of aryl methyl sites for hydroxylation is 2. The molecule has 0 aliphatic heterocycles. The molecule has 3 rings (SSSR count). The van der Waals surface area contributed by atoms with Crippen molar-refractivity contribution in [3.8, 4) is 5.69 Å². The van der Waals surface area contributed by atoms with Gasteiger partial charge in [-0.3, -0.25) is 0 Å². The van der Waals surface area contributed by atoms with E-state index in [0.717, 1.165) is 12.2 Å². The Morgan fingerprint density at radius 1 is 1.00 bits per heavy atom. The van der Waals surface area contributed by atoms with Gasteiger partial charge in [0, 0.05) is 5.56 Å². The molecular weight excluding hydrogens is 318 g/mol. The highest BCUT2D eigenvalue weighted by Gasteiger charge is 2.11. The standard InChI is InChI=1S/C18H21N5S/c1-14-9-15(2)11-17(10-14)23-18(24)22(19-20-23)13-21(3)12-16-7-5-4-6-8-16/h4-11H,12-13H2,1-3H3/p+1. The van der Waals surface area contributed by atoms with Crippen LogP contribution in [-0.4, -0.2) is 26.8 Å². The minimum absolute atomic E-state index is 0.618. The molecule has 1 aromatic heterocycles. The second kappa shape index (κ2) is 7.07. The van der Waals surface area contributed by atoms with E-state index < -0.39 is 0 Å². The van der Waals surface area contributed by atoms with E-state index >= 15 is 0 Å². The maximum Gasteiger partial charge on any atom is 0.225 e. The van der Waals surface area contributed by atoms with Gasteiger partial charge in [0.05, 0.1) is 12.7 Å². The Morgan fingerprint density at radius 2 is 1.67 bits per heavy atom. The predicted octanol–water partition coefficient (Wildman–Crippen LogP) is 2.09. The molecule has 24 heavy (non-hydrogen) atoms. The van der Waals surface area contributed by atoms with Crippen LogP contribution in [-0.2, 0) is 13.2 Å². The van der Waals surface area contributed by atoms with Crippen LogP contribution < -0.4 is 4.90 Å². The van der Waals surface area contributed by atoms with Gasteiger partial charge in [0.15, 0.2) is 6.67 Å². The highest BCUT2D eigenvalue weighted by atomic mass is 32.1. The third kappa shape index (κ3) is 3.77. The van der Waals surface area contributed by atoms with Crippen LogP contribution in [0.5, 0.6) is 0 Å². The van der Waals surface area contributed by atoms with Crippen molar-refractivity contribution in [2.24, 2.45) is 0 Å². The number of nitrogens with one attached hydrogen (secondary N) is 1. The van der Waals surface area contributed by atoms with Crippen LogP contribution in [0.15, 0.2) is 48.5 Å². The highest BCUT2D eigenvalue weighted by Crippen LogP contribution is 2.12. The molecule has 0 aliphatic carbocycles. The fourth-order valence-electron chi connectivity index (χ4n) is 2.86. The van der Waals surface area contributed by atoms with Crippen LogP contribution in [0.4, 0.5) is 0 Å². The summed E-state index contributed by atoms with van der Waals surface area (Å²) < 4.78 is 4.13. The van der Waals surface area contributed by atoms with E-state index in [4.69, 9.17) is 12.2 Å². The molecule has 1 heterocycles. The molecule has 5 nitrogen and oxygen atoms in total. The van der Waals surface area contributed by atoms with Gasteiger partial charge in [-0.2, -0.15) is 9.36 Å². The molecule has 0 saturated heterocycles. The summed E-state index contributed by atoms with van der Waals surface area (Å²) in [7, 11) is 2.13. The van der Waals surface area contributed by atoms with E-state index in [9.17, 15) is 0 Å². The molecule has 6 heteroatoms. The molecule has 2 aromatic carbocycles. The Balaban J connectivity index is 1.79. The van der Waals surface area contributed by atoms with Crippen molar-refractivity contribution >= 4 is 12.2 Å². The average molecular weight is 340 g/mol. The van der Waals surface area contributed by atoms with Gasteiger partial charge in [-0.15, -0.1) is 0 Å². The summed E-state index contributed by atoms with van der Waals surface area (Å²) in [6, 6.07) is 16.7. The first-order chi connectivity index (χ1) is 11.5. The zero-order valence-corrected chi connectivity index (χ0v) is 15.0. The van der Waals surface area contributed by atoms with E-state index in [2.05, 4.69) is 73.8 Å². The lowest BCUT2D eigenvalue weighted by Crippen LogP contribution is -3.07. The lowest BCUT2D eigenvalue weighted by atomic mass is 10.1. The molecule has 1 unspecified atom stereocenters. The van der Waals surface area contributed by atoms with Gasteiger partial charge in [-0.05, 0) is 59.8 Å². The first-order valence-corrected chi connectivity index (χ1v) is 8.40. The summed E-state index contributed by atoms with van der Waals surface area (Å²) in [6.45, 7) is 5.74. The van der Waals surface area contributed by atoms with E-state index in [-0.39, 0.29) is 0 Å². The number of nitrogens with zero attached hydrogens (tertiary/aromatic N) is 4. The molecule has 0 bridgehead atoms. The normalized spacial score (nSPS) is 12.3. The van der Waals surface area contributed by atoms with Gasteiger partial charge in [0.1, 0.15) is 6.54 Å². The molecule has 1 atom stereocenters. The summed E-state index contributed by atoms with van der Waals surface area (Å²) in [5.41, 5.74) is 4.63. The number of benzene rings is 2. The Kier molecular flexibility index (Phi) is 4.87. The minimum atomic E-state index is 0.618. The Bertz CT molecular complexity index is 862. The van der Waals surface area contributed by atoms with Crippen LogP contribution in [0.1, 0.15) is 16.7 Å². The second-order valence-electron chi connectivity index (χ2n) is 6.30. The molecular formula is C18H22N5S+. The van der Waals surface area contributed by atoms with Crippen molar-refractivity contribution in [2.45, 2.75) is 27.1 Å². The maximum absolute atomic E-state index is 5.56. The third-order valence-corrected chi connectivity index (χ3v) is 4.24. The van der Waals surface area contributed by atoms with Crippen LogP contribution >= 0.6 is 12.2 Å². The molecule has 3 aromatic rings. The van der Waals surface area contributed by atoms with Gasteiger partial charge in [0.2, 0.25) is 4.77 Å². The lowest BCUT2D eigenvalue weighted by molar-refractivity contribution is -0.917.